The van der Waals surface area contributed by atoms with Crippen LogP contribution in [0.1, 0.15) is 40.0 Å². The van der Waals surface area contributed by atoms with Crippen molar-refractivity contribution in [3.05, 3.63) is 0 Å². The van der Waals surface area contributed by atoms with Gasteiger partial charge in [0, 0.05) is 6.04 Å². The molecule has 11 heavy (non-hydrogen) atoms. The van der Waals surface area contributed by atoms with E-state index in [9.17, 15) is 0 Å². The van der Waals surface area contributed by atoms with Crippen molar-refractivity contribution in [3.63, 3.8) is 0 Å². The van der Waals surface area contributed by atoms with Gasteiger partial charge in [-0.1, -0.05) is 27.2 Å². The first-order chi connectivity index (χ1) is 5.24. The van der Waals surface area contributed by atoms with Crippen LogP contribution in [0.3, 0.4) is 0 Å². The summed E-state index contributed by atoms with van der Waals surface area (Å²) in [6.45, 7) is 8.24. The predicted octanol–water partition coefficient (Wildman–Crippen LogP) is 2.42. The molecule has 1 heterocycles. The summed E-state index contributed by atoms with van der Waals surface area (Å²) in [6, 6.07) is 0.849. The lowest BCUT2D eigenvalue weighted by atomic mass is 9.84. The summed E-state index contributed by atoms with van der Waals surface area (Å²) < 4.78 is 0. The lowest BCUT2D eigenvalue weighted by Gasteiger charge is -2.32. The van der Waals surface area contributed by atoms with Crippen molar-refractivity contribution < 1.29 is 0 Å². The zero-order valence-electron chi connectivity index (χ0n) is 8.06. The monoisotopic (exact) mass is 155 g/mol. The van der Waals surface area contributed by atoms with Crippen molar-refractivity contribution in [3.8, 4) is 0 Å². The van der Waals surface area contributed by atoms with Crippen LogP contribution in [0.4, 0.5) is 0 Å². The van der Waals surface area contributed by atoms with E-state index >= 15 is 0 Å². The zero-order valence-corrected chi connectivity index (χ0v) is 8.06. The van der Waals surface area contributed by atoms with Crippen LogP contribution in [0.5, 0.6) is 0 Å². The molecule has 0 aromatic carbocycles. The van der Waals surface area contributed by atoms with Crippen LogP contribution >= 0.6 is 0 Å². The van der Waals surface area contributed by atoms with Crippen molar-refractivity contribution in [2.24, 2.45) is 11.8 Å². The summed E-state index contributed by atoms with van der Waals surface area (Å²) in [5.74, 6) is 1.80. The van der Waals surface area contributed by atoms with E-state index in [0.717, 1.165) is 17.9 Å². The van der Waals surface area contributed by atoms with Crippen LogP contribution in [0, 0.1) is 11.8 Å². The quantitative estimate of drug-likeness (QED) is 0.657. The second kappa shape index (κ2) is 4.10. The lowest BCUT2D eigenvalue weighted by Crippen LogP contribution is -2.44. The Morgan fingerprint density at radius 2 is 2.09 bits per heavy atom. The normalized spacial score (nSPS) is 26.7. The van der Waals surface area contributed by atoms with E-state index in [0.29, 0.717) is 0 Å². The molecule has 0 aromatic heterocycles. The van der Waals surface area contributed by atoms with E-state index in [-0.39, 0.29) is 0 Å². The molecule has 0 spiro atoms. The molecule has 1 heteroatoms. The molecule has 1 fully saturated rings. The van der Waals surface area contributed by atoms with Gasteiger partial charge in [-0.15, -0.1) is 0 Å². The number of nitrogens with one attached hydrogen (secondary N) is 1. The van der Waals surface area contributed by atoms with Gasteiger partial charge in [0.1, 0.15) is 0 Å². The first-order valence-electron chi connectivity index (χ1n) is 4.97. The molecule has 1 nitrogen and oxygen atoms in total. The van der Waals surface area contributed by atoms with Gasteiger partial charge in [0.25, 0.3) is 0 Å². The van der Waals surface area contributed by atoms with Gasteiger partial charge in [0.05, 0.1) is 0 Å². The third-order valence-electron chi connectivity index (χ3n) is 2.98. The van der Waals surface area contributed by atoms with E-state index in [2.05, 4.69) is 26.1 Å². The third kappa shape index (κ3) is 2.48. The molecular formula is C10H21N. The van der Waals surface area contributed by atoms with E-state index in [4.69, 9.17) is 0 Å². The Morgan fingerprint density at radius 3 is 2.36 bits per heavy atom. The van der Waals surface area contributed by atoms with Gasteiger partial charge in [-0.3, -0.25) is 0 Å². The third-order valence-corrected chi connectivity index (χ3v) is 2.98. The number of rotatable bonds is 4. The van der Waals surface area contributed by atoms with E-state index in [1.54, 1.807) is 0 Å². The first-order valence-corrected chi connectivity index (χ1v) is 4.97. The summed E-state index contributed by atoms with van der Waals surface area (Å²) in [5, 5.41) is 3.47. The van der Waals surface area contributed by atoms with E-state index in [1.807, 2.05) is 0 Å². The Hall–Kier alpha value is -0.0400. The highest BCUT2D eigenvalue weighted by Crippen LogP contribution is 2.23. The summed E-state index contributed by atoms with van der Waals surface area (Å²) in [7, 11) is 0. The van der Waals surface area contributed by atoms with Crippen molar-refractivity contribution >= 4 is 0 Å². The van der Waals surface area contributed by atoms with Crippen molar-refractivity contribution in [1.82, 2.24) is 5.32 Å². The summed E-state index contributed by atoms with van der Waals surface area (Å²) >= 11 is 0. The fourth-order valence-electron chi connectivity index (χ4n) is 1.83. The summed E-state index contributed by atoms with van der Waals surface area (Å²) in [4.78, 5) is 0. The Morgan fingerprint density at radius 1 is 1.45 bits per heavy atom. The molecule has 1 saturated heterocycles. The van der Waals surface area contributed by atoms with Crippen LogP contribution in [0.25, 0.3) is 0 Å². The molecule has 0 aliphatic carbocycles. The SMILES string of the molecule is CCC(CC1CCN1)C(C)C. The van der Waals surface area contributed by atoms with Crippen molar-refractivity contribution in [2.75, 3.05) is 6.54 Å². The molecule has 1 aliphatic rings. The number of hydrogen-bond donors (Lipinski definition) is 1. The van der Waals surface area contributed by atoms with Gasteiger partial charge in [-0.2, -0.15) is 0 Å². The van der Waals surface area contributed by atoms with Gasteiger partial charge in [-0.25, -0.2) is 0 Å². The molecule has 0 bridgehead atoms. The largest absolute Gasteiger partial charge is 0.314 e. The highest BCUT2D eigenvalue weighted by Gasteiger charge is 2.21. The van der Waals surface area contributed by atoms with Gasteiger partial charge in [0.2, 0.25) is 0 Å². The standard InChI is InChI=1S/C10H21N/c1-4-9(8(2)3)7-10-5-6-11-10/h8-11H,4-7H2,1-3H3. The van der Waals surface area contributed by atoms with Crippen LogP contribution in [-0.4, -0.2) is 12.6 Å². The average Bonchev–Trinajstić information content (AvgIpc) is 1.85. The minimum Gasteiger partial charge on any atom is -0.314 e. The fraction of sp³-hybridized carbons (Fsp3) is 1.00. The molecule has 0 radical (unpaired) electrons. The maximum atomic E-state index is 3.47. The molecule has 1 rings (SSSR count). The second-order valence-electron chi connectivity index (χ2n) is 4.09. The van der Waals surface area contributed by atoms with Gasteiger partial charge >= 0.3 is 0 Å². The van der Waals surface area contributed by atoms with Gasteiger partial charge in [-0.05, 0) is 31.2 Å². The molecule has 2 unspecified atom stereocenters. The molecule has 1 aliphatic heterocycles. The maximum Gasteiger partial charge on any atom is 0.00818 e. The van der Waals surface area contributed by atoms with E-state index < -0.39 is 0 Å². The predicted molar refractivity (Wildman–Crippen MR) is 49.6 cm³/mol. The molecule has 66 valence electrons. The Bertz CT molecular complexity index is 105. The minimum atomic E-state index is 0.849. The lowest BCUT2D eigenvalue weighted by molar-refractivity contribution is 0.250. The fourth-order valence-corrected chi connectivity index (χ4v) is 1.83. The Labute approximate surface area is 70.6 Å². The Balaban J connectivity index is 2.19. The van der Waals surface area contributed by atoms with Crippen molar-refractivity contribution in [2.45, 2.75) is 46.1 Å². The van der Waals surface area contributed by atoms with Crippen LogP contribution in [0.2, 0.25) is 0 Å². The Kier molecular flexibility index (Phi) is 3.38. The van der Waals surface area contributed by atoms with Crippen LogP contribution in [0.15, 0.2) is 0 Å². The molecule has 0 aromatic rings. The molecule has 1 N–H and O–H groups in total. The summed E-state index contributed by atoms with van der Waals surface area (Å²) in [5.41, 5.74) is 0. The minimum absolute atomic E-state index is 0.849. The second-order valence-corrected chi connectivity index (χ2v) is 4.09. The molecule has 0 saturated carbocycles. The van der Waals surface area contributed by atoms with Gasteiger partial charge < -0.3 is 5.32 Å². The first kappa shape index (κ1) is 9.05. The number of hydrogen-bond acceptors (Lipinski definition) is 1. The van der Waals surface area contributed by atoms with Crippen molar-refractivity contribution in [1.29, 1.82) is 0 Å². The highest BCUT2D eigenvalue weighted by atomic mass is 15.0. The molecule has 2 atom stereocenters. The van der Waals surface area contributed by atoms with Crippen LogP contribution in [-0.2, 0) is 0 Å². The highest BCUT2D eigenvalue weighted by molar-refractivity contribution is 4.80. The van der Waals surface area contributed by atoms with E-state index in [1.165, 1.54) is 25.8 Å². The smallest absolute Gasteiger partial charge is 0.00818 e. The van der Waals surface area contributed by atoms with Gasteiger partial charge in [0.15, 0.2) is 0 Å². The zero-order chi connectivity index (χ0) is 8.27. The topological polar surface area (TPSA) is 12.0 Å². The molecular weight excluding hydrogens is 134 g/mol. The maximum absolute atomic E-state index is 3.47. The summed E-state index contributed by atoms with van der Waals surface area (Å²) in [6.07, 6.45) is 4.15. The average molecular weight is 155 g/mol. The molecule has 0 amide bonds. The van der Waals surface area contributed by atoms with Crippen LogP contribution < -0.4 is 5.32 Å².